The van der Waals surface area contributed by atoms with E-state index in [2.05, 4.69) is 40.5 Å². The Morgan fingerprint density at radius 2 is 2.11 bits per heavy atom. The van der Waals surface area contributed by atoms with Crippen LogP contribution >= 0.6 is 0 Å². The molecule has 1 aliphatic heterocycles. The average molecular weight is 260 g/mol. The van der Waals surface area contributed by atoms with Gasteiger partial charge in [0.1, 0.15) is 0 Å². The molecule has 1 aromatic rings. The van der Waals surface area contributed by atoms with Crippen LogP contribution in [-0.4, -0.2) is 29.9 Å². The predicted octanol–water partition coefficient (Wildman–Crippen LogP) is 2.57. The van der Waals surface area contributed by atoms with E-state index in [4.69, 9.17) is 0 Å². The normalized spacial score (nSPS) is 20.2. The quantitative estimate of drug-likeness (QED) is 0.882. The van der Waals surface area contributed by atoms with E-state index in [9.17, 15) is 4.79 Å². The Morgan fingerprint density at radius 3 is 2.84 bits per heavy atom. The maximum Gasteiger partial charge on any atom is 0.216 e. The largest absolute Gasteiger partial charge is 0.356 e. The first-order valence-electron chi connectivity index (χ1n) is 7.28. The second kappa shape index (κ2) is 7.29. The van der Waals surface area contributed by atoms with Gasteiger partial charge in [0, 0.05) is 26.1 Å². The van der Waals surface area contributed by atoms with Crippen LogP contribution in [0.2, 0.25) is 0 Å². The fourth-order valence-corrected chi connectivity index (χ4v) is 2.83. The standard InChI is InChI=1S/C16H24N2O/c1-14(19)17-11-10-16-9-5-6-12-18(16)13-15-7-3-2-4-8-15/h2-4,7-8,16H,5-6,9-13H2,1H3,(H,17,19)/t16-/m1/s1. The van der Waals surface area contributed by atoms with Gasteiger partial charge in [-0.05, 0) is 31.4 Å². The van der Waals surface area contributed by atoms with Crippen LogP contribution in [0.15, 0.2) is 30.3 Å². The van der Waals surface area contributed by atoms with Gasteiger partial charge in [0.05, 0.1) is 0 Å². The molecule has 0 unspecified atom stereocenters. The summed E-state index contributed by atoms with van der Waals surface area (Å²) in [6, 6.07) is 11.3. The molecule has 1 heterocycles. The number of hydrogen-bond donors (Lipinski definition) is 1. The summed E-state index contributed by atoms with van der Waals surface area (Å²) in [6.07, 6.45) is 4.93. The van der Waals surface area contributed by atoms with Gasteiger partial charge >= 0.3 is 0 Å². The van der Waals surface area contributed by atoms with Crippen LogP contribution < -0.4 is 5.32 Å². The number of amides is 1. The fraction of sp³-hybridized carbons (Fsp3) is 0.562. The molecule has 0 aromatic heterocycles. The van der Waals surface area contributed by atoms with Crippen molar-refractivity contribution in [3.63, 3.8) is 0 Å². The van der Waals surface area contributed by atoms with Crippen molar-refractivity contribution < 1.29 is 4.79 Å². The molecule has 1 aliphatic rings. The van der Waals surface area contributed by atoms with Gasteiger partial charge in [-0.15, -0.1) is 0 Å². The summed E-state index contributed by atoms with van der Waals surface area (Å²) in [7, 11) is 0. The van der Waals surface area contributed by atoms with E-state index in [1.807, 2.05) is 0 Å². The third-order valence-corrected chi connectivity index (χ3v) is 3.83. The Bertz CT molecular complexity index is 391. The number of carbonyl (C=O) groups is 1. The first-order chi connectivity index (χ1) is 9.25. The number of hydrogen-bond acceptors (Lipinski definition) is 2. The van der Waals surface area contributed by atoms with E-state index in [0.717, 1.165) is 19.5 Å². The molecule has 104 valence electrons. The van der Waals surface area contributed by atoms with Crippen molar-refractivity contribution in [2.24, 2.45) is 0 Å². The predicted molar refractivity (Wildman–Crippen MR) is 77.8 cm³/mol. The monoisotopic (exact) mass is 260 g/mol. The molecule has 0 aliphatic carbocycles. The summed E-state index contributed by atoms with van der Waals surface area (Å²) >= 11 is 0. The van der Waals surface area contributed by atoms with Crippen molar-refractivity contribution in [1.29, 1.82) is 0 Å². The van der Waals surface area contributed by atoms with Crippen LogP contribution in [0, 0.1) is 0 Å². The molecule has 1 aromatic carbocycles. The van der Waals surface area contributed by atoms with Crippen molar-refractivity contribution in [2.75, 3.05) is 13.1 Å². The van der Waals surface area contributed by atoms with E-state index in [-0.39, 0.29) is 5.91 Å². The first kappa shape index (κ1) is 14.1. The zero-order valence-corrected chi connectivity index (χ0v) is 11.8. The molecule has 0 saturated carbocycles. The van der Waals surface area contributed by atoms with Gasteiger partial charge in [-0.25, -0.2) is 0 Å². The lowest BCUT2D eigenvalue weighted by Gasteiger charge is -2.36. The van der Waals surface area contributed by atoms with Crippen molar-refractivity contribution in [1.82, 2.24) is 10.2 Å². The molecule has 1 amide bonds. The van der Waals surface area contributed by atoms with Gasteiger partial charge in [0.2, 0.25) is 5.91 Å². The van der Waals surface area contributed by atoms with Crippen molar-refractivity contribution in [3.05, 3.63) is 35.9 Å². The van der Waals surface area contributed by atoms with Gasteiger partial charge in [0.25, 0.3) is 0 Å². The zero-order valence-electron chi connectivity index (χ0n) is 11.8. The Morgan fingerprint density at radius 1 is 1.32 bits per heavy atom. The fourth-order valence-electron chi connectivity index (χ4n) is 2.83. The number of likely N-dealkylation sites (tertiary alicyclic amines) is 1. The van der Waals surface area contributed by atoms with Crippen LogP contribution in [0.3, 0.4) is 0 Å². The smallest absolute Gasteiger partial charge is 0.216 e. The lowest BCUT2D eigenvalue weighted by molar-refractivity contribution is -0.119. The van der Waals surface area contributed by atoms with Crippen molar-refractivity contribution in [3.8, 4) is 0 Å². The minimum atomic E-state index is 0.0745. The molecule has 1 atom stereocenters. The number of nitrogens with zero attached hydrogens (tertiary/aromatic N) is 1. The maximum absolute atomic E-state index is 10.9. The third-order valence-electron chi connectivity index (χ3n) is 3.83. The minimum absolute atomic E-state index is 0.0745. The number of benzene rings is 1. The molecule has 0 radical (unpaired) electrons. The van der Waals surface area contributed by atoms with Gasteiger partial charge in [-0.3, -0.25) is 9.69 Å². The average Bonchev–Trinajstić information content (AvgIpc) is 2.41. The number of rotatable bonds is 5. The molecular weight excluding hydrogens is 236 g/mol. The van der Waals surface area contributed by atoms with Crippen LogP contribution in [0.5, 0.6) is 0 Å². The Hall–Kier alpha value is -1.35. The highest BCUT2D eigenvalue weighted by molar-refractivity contribution is 5.72. The molecule has 3 nitrogen and oxygen atoms in total. The number of carbonyl (C=O) groups excluding carboxylic acids is 1. The highest BCUT2D eigenvalue weighted by Gasteiger charge is 2.21. The number of nitrogens with one attached hydrogen (secondary N) is 1. The van der Waals surface area contributed by atoms with E-state index in [1.54, 1.807) is 6.92 Å². The molecule has 19 heavy (non-hydrogen) atoms. The summed E-state index contributed by atoms with van der Waals surface area (Å²) in [4.78, 5) is 13.5. The highest BCUT2D eigenvalue weighted by Crippen LogP contribution is 2.21. The van der Waals surface area contributed by atoms with Crippen molar-refractivity contribution in [2.45, 2.75) is 45.2 Å². The van der Waals surface area contributed by atoms with E-state index < -0.39 is 0 Å². The molecule has 1 fully saturated rings. The summed E-state index contributed by atoms with van der Waals surface area (Å²) in [6.45, 7) is 4.60. The summed E-state index contributed by atoms with van der Waals surface area (Å²) < 4.78 is 0. The minimum Gasteiger partial charge on any atom is -0.356 e. The van der Waals surface area contributed by atoms with E-state index in [1.165, 1.54) is 31.4 Å². The van der Waals surface area contributed by atoms with Gasteiger partial charge in [-0.1, -0.05) is 36.8 Å². The Balaban J connectivity index is 1.86. The summed E-state index contributed by atoms with van der Waals surface area (Å²) in [5.74, 6) is 0.0745. The van der Waals surface area contributed by atoms with Crippen LogP contribution in [0.4, 0.5) is 0 Å². The zero-order chi connectivity index (χ0) is 13.5. The Labute approximate surface area is 116 Å². The Kier molecular flexibility index (Phi) is 5.40. The maximum atomic E-state index is 10.9. The van der Waals surface area contributed by atoms with Crippen molar-refractivity contribution >= 4 is 5.91 Å². The van der Waals surface area contributed by atoms with Crippen LogP contribution in [-0.2, 0) is 11.3 Å². The SMILES string of the molecule is CC(=O)NCC[C@H]1CCCCN1Cc1ccccc1. The molecular formula is C16H24N2O. The molecule has 1 saturated heterocycles. The third kappa shape index (κ3) is 4.67. The molecule has 1 N–H and O–H groups in total. The van der Waals surface area contributed by atoms with Crippen LogP contribution in [0.1, 0.15) is 38.2 Å². The summed E-state index contributed by atoms with van der Waals surface area (Å²) in [5.41, 5.74) is 1.38. The summed E-state index contributed by atoms with van der Waals surface area (Å²) in [5, 5.41) is 2.91. The molecule has 0 spiro atoms. The second-order valence-electron chi connectivity index (χ2n) is 5.38. The van der Waals surface area contributed by atoms with Crippen LogP contribution in [0.25, 0.3) is 0 Å². The van der Waals surface area contributed by atoms with Gasteiger partial charge in [0.15, 0.2) is 0 Å². The van der Waals surface area contributed by atoms with Gasteiger partial charge < -0.3 is 5.32 Å². The second-order valence-corrected chi connectivity index (χ2v) is 5.38. The number of piperidine rings is 1. The first-order valence-corrected chi connectivity index (χ1v) is 7.28. The van der Waals surface area contributed by atoms with E-state index in [0.29, 0.717) is 6.04 Å². The molecule has 0 bridgehead atoms. The lowest BCUT2D eigenvalue weighted by atomic mass is 9.98. The molecule has 3 heteroatoms. The van der Waals surface area contributed by atoms with Gasteiger partial charge in [-0.2, -0.15) is 0 Å². The highest BCUT2D eigenvalue weighted by atomic mass is 16.1. The molecule has 2 rings (SSSR count). The lowest BCUT2D eigenvalue weighted by Crippen LogP contribution is -2.41. The van der Waals surface area contributed by atoms with E-state index >= 15 is 0 Å². The topological polar surface area (TPSA) is 32.3 Å².